The summed E-state index contributed by atoms with van der Waals surface area (Å²) < 4.78 is 15.6. The number of ketones is 1. The van der Waals surface area contributed by atoms with E-state index in [9.17, 15) is 24.0 Å². The van der Waals surface area contributed by atoms with Gasteiger partial charge in [0.05, 0.1) is 23.5 Å². The number of isocyanates is 1. The minimum atomic E-state index is -0.715. The number of aryl methyl sites for hydroxylation is 2. The first-order chi connectivity index (χ1) is 29.9. The van der Waals surface area contributed by atoms with Crippen molar-refractivity contribution in [3.8, 4) is 23.5 Å². The van der Waals surface area contributed by atoms with Gasteiger partial charge in [0.15, 0.2) is 19.0 Å². The van der Waals surface area contributed by atoms with E-state index in [-0.39, 0.29) is 31.3 Å². The van der Waals surface area contributed by atoms with Gasteiger partial charge in [0.25, 0.3) is 12.2 Å². The first kappa shape index (κ1) is 47.1. The minimum Gasteiger partial charge on any atom is -0.426 e. The topological polar surface area (TPSA) is 216 Å². The van der Waals surface area contributed by atoms with Crippen molar-refractivity contribution in [1.29, 1.82) is 5.26 Å². The van der Waals surface area contributed by atoms with Crippen LogP contribution in [0.1, 0.15) is 80.2 Å². The Labute approximate surface area is 359 Å². The second kappa shape index (κ2) is 25.1. The van der Waals surface area contributed by atoms with E-state index in [1.165, 1.54) is 12.1 Å². The molecule has 2 amide bonds. The number of anilines is 1. The molecular weight excluding hydrogens is 797 g/mol. The van der Waals surface area contributed by atoms with Crippen LogP contribution >= 0.6 is 0 Å². The molecule has 0 aliphatic heterocycles. The first-order valence-corrected chi connectivity index (χ1v) is 19.8. The molecule has 0 aliphatic carbocycles. The Morgan fingerprint density at radius 2 is 1.32 bits per heavy atom. The number of hydrogen-bond acceptors (Lipinski definition) is 14. The molecule has 16 nitrogen and oxygen atoms in total. The van der Waals surface area contributed by atoms with E-state index in [4.69, 9.17) is 29.1 Å². The Morgan fingerprint density at radius 1 is 0.710 bits per heavy atom. The Bertz CT molecular complexity index is 2330. The summed E-state index contributed by atoms with van der Waals surface area (Å²) in [5.74, 6) is 0.162. The number of carbonyl (C=O) groups excluding carboxylic acids is 5. The molecule has 0 bridgehead atoms. The molecule has 0 fully saturated rings. The summed E-state index contributed by atoms with van der Waals surface area (Å²) in [6.07, 6.45) is 6.96. The summed E-state index contributed by atoms with van der Waals surface area (Å²) in [5.41, 5.74) is 5.58. The van der Waals surface area contributed by atoms with Crippen molar-refractivity contribution < 1.29 is 47.9 Å². The van der Waals surface area contributed by atoms with Crippen LogP contribution in [0.25, 0.3) is 0 Å². The SMILES string of the molecule is C/C(=N\OCC(=O)CCCCCCCNC(=O)CO/N=C(\C)c1ccc(OC(=O)Cc2ccc(C)c(N=C=O)c2)cc1)c1ccc(OC(=O)Nc2ccc(C)c(OC#N)c2)cc1. The highest BCUT2D eigenvalue weighted by atomic mass is 16.6. The molecule has 0 heterocycles. The number of nitrogens with zero attached hydrogens (tertiary/aromatic N) is 4. The van der Waals surface area contributed by atoms with E-state index in [2.05, 4.69) is 25.9 Å². The molecule has 0 atom stereocenters. The van der Waals surface area contributed by atoms with E-state index in [0.717, 1.165) is 54.4 Å². The molecule has 0 spiro atoms. The molecule has 0 unspecified atom stereocenters. The highest BCUT2D eigenvalue weighted by Gasteiger charge is 2.12. The molecule has 4 aromatic rings. The number of unbranched alkanes of at least 4 members (excludes halogenated alkanes) is 4. The highest BCUT2D eigenvalue weighted by molar-refractivity contribution is 5.99. The average Bonchev–Trinajstić information content (AvgIpc) is 3.24. The molecule has 0 saturated heterocycles. The van der Waals surface area contributed by atoms with Gasteiger partial charge in [-0.1, -0.05) is 47.8 Å². The van der Waals surface area contributed by atoms with Crippen molar-refractivity contribution in [2.45, 2.75) is 72.6 Å². The number of aliphatic imine (C=N–C) groups is 1. The van der Waals surface area contributed by atoms with Gasteiger partial charge in [-0.25, -0.2) is 9.59 Å². The van der Waals surface area contributed by atoms with E-state index in [1.807, 2.05) is 0 Å². The van der Waals surface area contributed by atoms with Gasteiger partial charge in [0, 0.05) is 24.7 Å². The van der Waals surface area contributed by atoms with Gasteiger partial charge in [0.2, 0.25) is 6.08 Å². The maximum absolute atomic E-state index is 12.4. The van der Waals surface area contributed by atoms with Crippen LogP contribution in [0.15, 0.2) is 100 Å². The fourth-order valence-corrected chi connectivity index (χ4v) is 5.71. The Balaban J connectivity index is 1.01. The second-order valence-electron chi connectivity index (χ2n) is 14.0. The molecule has 16 heteroatoms. The quantitative estimate of drug-likeness (QED) is 0.0138. The van der Waals surface area contributed by atoms with Crippen LogP contribution < -0.4 is 24.8 Å². The zero-order chi connectivity index (χ0) is 44.7. The number of nitrogens with one attached hydrogen (secondary N) is 2. The molecule has 0 aliphatic rings. The fraction of sp³-hybridized carbons (Fsp3) is 0.304. The smallest absolute Gasteiger partial charge is 0.417 e. The number of hydrogen-bond donors (Lipinski definition) is 2. The number of Topliss-reactive ketones (excluding diaryl/α,β-unsaturated/α-hetero) is 1. The summed E-state index contributed by atoms with van der Waals surface area (Å²) in [5, 5.41) is 22.2. The maximum atomic E-state index is 12.4. The van der Waals surface area contributed by atoms with Crippen LogP contribution in [0.4, 0.5) is 16.2 Å². The van der Waals surface area contributed by atoms with Crippen LogP contribution in [0, 0.1) is 25.4 Å². The van der Waals surface area contributed by atoms with Gasteiger partial charge in [-0.3, -0.25) is 19.7 Å². The fourth-order valence-electron chi connectivity index (χ4n) is 5.71. The number of oxime groups is 2. The third-order valence-corrected chi connectivity index (χ3v) is 9.14. The lowest BCUT2D eigenvalue weighted by molar-refractivity contribution is -0.133. The number of ether oxygens (including phenoxy) is 3. The van der Waals surface area contributed by atoms with Crippen molar-refractivity contribution in [3.63, 3.8) is 0 Å². The summed E-state index contributed by atoms with van der Waals surface area (Å²) in [7, 11) is 0. The molecule has 0 radical (unpaired) electrons. The Morgan fingerprint density at radius 3 is 1.98 bits per heavy atom. The van der Waals surface area contributed by atoms with Crippen LogP contribution in [0.2, 0.25) is 0 Å². The van der Waals surface area contributed by atoms with Crippen molar-refractivity contribution in [2.24, 2.45) is 15.3 Å². The van der Waals surface area contributed by atoms with Crippen molar-refractivity contribution >= 4 is 52.6 Å². The molecule has 2 N–H and O–H groups in total. The van der Waals surface area contributed by atoms with Crippen molar-refractivity contribution in [3.05, 3.63) is 113 Å². The lowest BCUT2D eigenvalue weighted by atomic mass is 10.1. The van der Waals surface area contributed by atoms with E-state index in [1.54, 1.807) is 113 Å². The average molecular weight is 845 g/mol. The maximum Gasteiger partial charge on any atom is 0.417 e. The number of esters is 1. The van der Waals surface area contributed by atoms with Crippen LogP contribution in [-0.2, 0) is 35.3 Å². The number of rotatable bonds is 23. The standard InChI is InChI=1S/C46H48N6O10/c1-31-11-13-35(24-42(31)49-30-53)25-45(56)61-40-19-14-36(15-20-40)34(4)52-60-28-44(55)48-23-9-7-5-6-8-10-39(54)27-59-51-33(3)37-16-21-41(22-17-37)62-46(57)50-38-18-12-32(2)43(26-38)58-29-47/h11-22,24,26H,5-10,23,25,27-28H2,1-4H3,(H,48,55)(H,50,57)/b51-33+,52-34+. The van der Waals surface area contributed by atoms with Crippen LogP contribution in [0.3, 0.4) is 0 Å². The predicted octanol–water partition coefficient (Wildman–Crippen LogP) is 8.10. The largest absolute Gasteiger partial charge is 0.426 e. The van der Waals surface area contributed by atoms with Gasteiger partial charge < -0.3 is 29.2 Å². The molecule has 322 valence electrons. The minimum absolute atomic E-state index is 0.00305. The lowest BCUT2D eigenvalue weighted by Crippen LogP contribution is -2.28. The third kappa shape index (κ3) is 16.6. The number of carbonyl (C=O) groups is 4. The summed E-state index contributed by atoms with van der Waals surface area (Å²) in [4.78, 5) is 74.0. The summed E-state index contributed by atoms with van der Waals surface area (Å²) >= 11 is 0. The Kier molecular flexibility index (Phi) is 19.0. The van der Waals surface area contributed by atoms with E-state index < -0.39 is 12.1 Å². The zero-order valence-corrected chi connectivity index (χ0v) is 35.0. The first-order valence-electron chi connectivity index (χ1n) is 19.8. The van der Waals surface area contributed by atoms with E-state index >= 15 is 0 Å². The van der Waals surface area contributed by atoms with Crippen LogP contribution in [-0.4, -0.2) is 61.0 Å². The van der Waals surface area contributed by atoms with Gasteiger partial charge in [-0.2, -0.15) is 4.99 Å². The second-order valence-corrected chi connectivity index (χ2v) is 14.0. The molecular formula is C46H48N6O10. The van der Waals surface area contributed by atoms with E-state index in [0.29, 0.717) is 58.6 Å². The van der Waals surface area contributed by atoms with Gasteiger partial charge in [-0.15, -0.1) is 5.26 Å². The third-order valence-electron chi connectivity index (χ3n) is 9.14. The molecule has 0 aromatic heterocycles. The summed E-state index contributed by atoms with van der Waals surface area (Å²) in [6.45, 7) is 7.17. The van der Waals surface area contributed by atoms with Crippen molar-refractivity contribution in [1.82, 2.24) is 5.32 Å². The highest BCUT2D eigenvalue weighted by Crippen LogP contribution is 2.24. The molecule has 4 rings (SSSR count). The van der Waals surface area contributed by atoms with Crippen LogP contribution in [0.5, 0.6) is 17.2 Å². The number of amides is 2. The predicted molar refractivity (Wildman–Crippen MR) is 230 cm³/mol. The van der Waals surface area contributed by atoms with Crippen molar-refractivity contribution in [2.75, 3.05) is 25.1 Å². The van der Waals surface area contributed by atoms with Gasteiger partial charge >= 0.3 is 12.1 Å². The normalized spacial score (nSPS) is 11.0. The lowest BCUT2D eigenvalue weighted by Gasteiger charge is -2.09. The van der Waals surface area contributed by atoms with Gasteiger partial charge in [0.1, 0.15) is 17.2 Å². The monoisotopic (exact) mass is 844 g/mol. The number of nitriles is 1. The number of benzene rings is 4. The summed E-state index contributed by atoms with van der Waals surface area (Å²) in [6, 6.07) is 23.4. The van der Waals surface area contributed by atoms with Gasteiger partial charge in [-0.05, 0) is 129 Å². The molecule has 0 saturated carbocycles. The Hall–Kier alpha value is -7.63. The zero-order valence-electron chi connectivity index (χ0n) is 35.0. The molecule has 4 aromatic carbocycles. The molecule has 62 heavy (non-hydrogen) atoms.